The average molecular weight is 228 g/mol. The van der Waals surface area contributed by atoms with Crippen LogP contribution in [0.15, 0.2) is 0 Å². The Balaban J connectivity index is 1.91. The zero-order valence-corrected chi connectivity index (χ0v) is 9.60. The molecule has 0 saturated carbocycles. The van der Waals surface area contributed by atoms with Gasteiger partial charge < -0.3 is 10.6 Å². The van der Waals surface area contributed by atoms with Crippen molar-refractivity contribution in [3.05, 3.63) is 0 Å². The lowest BCUT2D eigenvalue weighted by atomic mass is 10.0. The summed E-state index contributed by atoms with van der Waals surface area (Å²) in [6.07, 6.45) is 4.54. The van der Waals surface area contributed by atoms with Crippen LogP contribution >= 0.6 is 11.8 Å². The highest BCUT2D eigenvalue weighted by molar-refractivity contribution is 8.14. The number of hydrogen-bond donors (Lipinski definition) is 2. The number of thioether (sulfide) groups is 1. The largest absolute Gasteiger partial charge is 0.332 e. The SMILES string of the molecule is CCCCCC1SC(=O)C2NC(=O)NC12. The molecular formula is C10H16N2O2S. The van der Waals surface area contributed by atoms with Gasteiger partial charge in [0.15, 0.2) is 0 Å². The molecule has 15 heavy (non-hydrogen) atoms. The molecule has 4 nitrogen and oxygen atoms in total. The molecule has 3 atom stereocenters. The number of nitrogens with one attached hydrogen (secondary N) is 2. The van der Waals surface area contributed by atoms with Crippen molar-refractivity contribution in [1.82, 2.24) is 10.6 Å². The van der Waals surface area contributed by atoms with Crippen molar-refractivity contribution in [2.24, 2.45) is 0 Å². The molecule has 0 radical (unpaired) electrons. The maximum absolute atomic E-state index is 11.6. The molecule has 3 unspecified atom stereocenters. The number of fused-ring (bicyclic) bond motifs is 1. The summed E-state index contributed by atoms with van der Waals surface area (Å²) in [5.74, 6) is 0. The van der Waals surface area contributed by atoms with E-state index < -0.39 is 0 Å². The van der Waals surface area contributed by atoms with E-state index in [2.05, 4.69) is 17.6 Å². The summed E-state index contributed by atoms with van der Waals surface area (Å²) in [6.45, 7) is 2.16. The van der Waals surface area contributed by atoms with E-state index in [1.54, 1.807) is 0 Å². The fourth-order valence-electron chi connectivity index (χ4n) is 2.15. The molecule has 2 aliphatic rings. The van der Waals surface area contributed by atoms with E-state index in [4.69, 9.17) is 0 Å². The van der Waals surface area contributed by atoms with Gasteiger partial charge in [0.2, 0.25) is 5.12 Å². The Morgan fingerprint density at radius 3 is 2.80 bits per heavy atom. The van der Waals surface area contributed by atoms with Gasteiger partial charge in [-0.25, -0.2) is 4.79 Å². The van der Waals surface area contributed by atoms with E-state index in [1.165, 1.54) is 24.6 Å². The minimum Gasteiger partial charge on any atom is -0.332 e. The molecule has 84 valence electrons. The third-order valence-electron chi connectivity index (χ3n) is 2.96. The van der Waals surface area contributed by atoms with Gasteiger partial charge in [-0.15, -0.1) is 0 Å². The second kappa shape index (κ2) is 4.43. The molecule has 2 amide bonds. The predicted molar refractivity (Wildman–Crippen MR) is 59.8 cm³/mol. The zero-order valence-electron chi connectivity index (χ0n) is 8.79. The Bertz CT molecular complexity index is 283. The van der Waals surface area contributed by atoms with Crippen molar-refractivity contribution in [1.29, 1.82) is 0 Å². The van der Waals surface area contributed by atoms with Crippen LogP contribution in [0.2, 0.25) is 0 Å². The van der Waals surface area contributed by atoms with Crippen LogP contribution in [0.4, 0.5) is 4.79 Å². The lowest BCUT2D eigenvalue weighted by Gasteiger charge is -2.14. The van der Waals surface area contributed by atoms with Crippen LogP contribution in [0.1, 0.15) is 32.6 Å². The normalized spacial score (nSPS) is 33.8. The van der Waals surface area contributed by atoms with E-state index in [9.17, 15) is 9.59 Å². The van der Waals surface area contributed by atoms with Crippen molar-refractivity contribution in [3.8, 4) is 0 Å². The van der Waals surface area contributed by atoms with Crippen molar-refractivity contribution in [2.45, 2.75) is 49.9 Å². The summed E-state index contributed by atoms with van der Waals surface area (Å²) in [4.78, 5) is 22.6. The number of urea groups is 1. The monoisotopic (exact) mass is 228 g/mol. The molecule has 2 heterocycles. The first-order valence-electron chi connectivity index (χ1n) is 5.50. The van der Waals surface area contributed by atoms with E-state index in [0.717, 1.165) is 12.8 Å². The molecule has 2 aliphatic heterocycles. The molecular weight excluding hydrogens is 212 g/mol. The number of amides is 2. The van der Waals surface area contributed by atoms with Gasteiger partial charge in [-0.3, -0.25) is 4.79 Å². The number of unbranched alkanes of at least 4 members (excludes halogenated alkanes) is 2. The standard InChI is InChI=1S/C10H16N2O2S/c1-2-3-4-5-6-7-8(9(13)15-6)12-10(14)11-7/h6-8H,2-5H2,1H3,(H2,11,12,14). The second-order valence-corrected chi connectivity index (χ2v) is 5.34. The van der Waals surface area contributed by atoms with E-state index in [1.807, 2.05) is 0 Å². The molecule has 0 aromatic rings. The Kier molecular flexibility index (Phi) is 3.19. The summed E-state index contributed by atoms with van der Waals surface area (Å²) in [6, 6.07) is -0.458. The Morgan fingerprint density at radius 2 is 2.07 bits per heavy atom. The van der Waals surface area contributed by atoms with Crippen LogP contribution in [0.3, 0.4) is 0 Å². The average Bonchev–Trinajstić information content (AvgIpc) is 2.69. The summed E-state index contributed by atoms with van der Waals surface area (Å²) in [5, 5.41) is 5.88. The Labute approximate surface area is 93.6 Å². The van der Waals surface area contributed by atoms with E-state index in [0.29, 0.717) is 0 Å². The van der Waals surface area contributed by atoms with Crippen LogP contribution in [0.5, 0.6) is 0 Å². The molecule has 0 aromatic carbocycles. The Hall–Kier alpha value is -0.710. The van der Waals surface area contributed by atoms with Crippen LogP contribution in [0, 0.1) is 0 Å². The van der Waals surface area contributed by atoms with Gasteiger partial charge in [0.25, 0.3) is 0 Å². The molecule has 5 heteroatoms. The molecule has 0 bridgehead atoms. The number of rotatable bonds is 4. The summed E-state index contributed by atoms with van der Waals surface area (Å²) in [5.41, 5.74) is 0. The summed E-state index contributed by atoms with van der Waals surface area (Å²) in [7, 11) is 0. The summed E-state index contributed by atoms with van der Waals surface area (Å²) >= 11 is 1.39. The molecule has 2 fully saturated rings. The Morgan fingerprint density at radius 1 is 1.27 bits per heavy atom. The maximum atomic E-state index is 11.6. The van der Waals surface area contributed by atoms with Crippen molar-refractivity contribution < 1.29 is 9.59 Å². The first-order chi connectivity index (χ1) is 7.22. The predicted octanol–water partition coefficient (Wildman–Crippen LogP) is 1.26. The molecule has 2 N–H and O–H groups in total. The molecule has 0 spiro atoms. The van der Waals surface area contributed by atoms with Crippen molar-refractivity contribution in [3.63, 3.8) is 0 Å². The van der Waals surface area contributed by atoms with E-state index in [-0.39, 0.29) is 28.5 Å². The third-order valence-corrected chi connectivity index (χ3v) is 4.28. The third kappa shape index (κ3) is 2.12. The van der Waals surface area contributed by atoms with Gasteiger partial charge in [-0.2, -0.15) is 0 Å². The molecule has 2 saturated heterocycles. The van der Waals surface area contributed by atoms with Gasteiger partial charge in [0.1, 0.15) is 6.04 Å². The fourth-order valence-corrected chi connectivity index (χ4v) is 3.46. The van der Waals surface area contributed by atoms with E-state index >= 15 is 0 Å². The highest BCUT2D eigenvalue weighted by Gasteiger charge is 2.48. The van der Waals surface area contributed by atoms with Crippen LogP contribution in [0.25, 0.3) is 0 Å². The highest BCUT2D eigenvalue weighted by Crippen LogP contribution is 2.34. The first kappa shape index (κ1) is 10.8. The van der Waals surface area contributed by atoms with Gasteiger partial charge in [0.05, 0.1) is 6.04 Å². The van der Waals surface area contributed by atoms with Gasteiger partial charge >= 0.3 is 6.03 Å². The number of carbonyl (C=O) groups excluding carboxylic acids is 2. The lowest BCUT2D eigenvalue weighted by Crippen LogP contribution is -2.37. The minimum atomic E-state index is -0.283. The molecule has 0 aliphatic carbocycles. The summed E-state index contributed by atoms with van der Waals surface area (Å²) < 4.78 is 0. The second-order valence-electron chi connectivity index (χ2n) is 4.09. The van der Waals surface area contributed by atoms with Crippen LogP contribution in [-0.4, -0.2) is 28.5 Å². The molecule has 2 rings (SSSR count). The maximum Gasteiger partial charge on any atom is 0.315 e. The lowest BCUT2D eigenvalue weighted by molar-refractivity contribution is -0.112. The van der Waals surface area contributed by atoms with Gasteiger partial charge in [0, 0.05) is 5.25 Å². The van der Waals surface area contributed by atoms with Crippen molar-refractivity contribution >= 4 is 22.9 Å². The van der Waals surface area contributed by atoms with Crippen molar-refractivity contribution in [2.75, 3.05) is 0 Å². The topological polar surface area (TPSA) is 58.2 Å². The minimum absolute atomic E-state index is 0.0202. The smallest absolute Gasteiger partial charge is 0.315 e. The first-order valence-corrected chi connectivity index (χ1v) is 6.38. The molecule has 0 aromatic heterocycles. The quantitative estimate of drug-likeness (QED) is 0.562. The van der Waals surface area contributed by atoms with Gasteiger partial charge in [-0.1, -0.05) is 37.9 Å². The fraction of sp³-hybridized carbons (Fsp3) is 0.800. The van der Waals surface area contributed by atoms with Gasteiger partial charge in [-0.05, 0) is 6.42 Å². The number of carbonyl (C=O) groups is 2. The highest BCUT2D eigenvalue weighted by atomic mass is 32.2. The number of hydrogen-bond acceptors (Lipinski definition) is 3. The van der Waals surface area contributed by atoms with Crippen LogP contribution < -0.4 is 10.6 Å². The van der Waals surface area contributed by atoms with Crippen LogP contribution in [-0.2, 0) is 4.79 Å². The zero-order chi connectivity index (χ0) is 10.8.